The normalized spacial score (nSPS) is 16.5. The second-order valence-corrected chi connectivity index (χ2v) is 10.4. The highest BCUT2D eigenvalue weighted by atomic mass is 35.5. The van der Waals surface area contributed by atoms with E-state index in [4.69, 9.17) is 16.3 Å². The molecular weight excluding hydrogens is 495 g/mol. The number of ether oxygens (including phenoxy) is 1. The van der Waals surface area contributed by atoms with Crippen LogP contribution in [0.3, 0.4) is 0 Å². The minimum absolute atomic E-state index is 0.219. The summed E-state index contributed by atoms with van der Waals surface area (Å²) in [4.78, 5) is 19.0. The van der Waals surface area contributed by atoms with E-state index in [-0.39, 0.29) is 5.82 Å². The SMILES string of the molecule is COc1ccc2ncc(Cl)c(C(O)CCC3(C(=O)O)CCN(CCCCc4ccc(F)cc4)CC3)c2c1. The number of carbonyl (C=O) groups is 1. The number of carboxylic acid groups (broad SMARTS) is 1. The molecule has 0 saturated carbocycles. The Morgan fingerprint density at radius 1 is 1.19 bits per heavy atom. The molecule has 0 radical (unpaired) electrons. The zero-order valence-electron chi connectivity index (χ0n) is 21.1. The first-order chi connectivity index (χ1) is 17.8. The van der Waals surface area contributed by atoms with Crippen molar-refractivity contribution < 1.29 is 24.1 Å². The van der Waals surface area contributed by atoms with Gasteiger partial charge >= 0.3 is 5.97 Å². The molecule has 37 heavy (non-hydrogen) atoms. The molecular formula is C29H34ClFN2O4. The van der Waals surface area contributed by atoms with E-state index in [1.807, 2.05) is 18.2 Å². The van der Waals surface area contributed by atoms with Crippen LogP contribution in [0, 0.1) is 11.2 Å². The van der Waals surface area contributed by atoms with Gasteiger partial charge in [-0.1, -0.05) is 23.7 Å². The number of piperidine rings is 1. The van der Waals surface area contributed by atoms with Crippen LogP contribution in [0.25, 0.3) is 10.9 Å². The third kappa shape index (κ3) is 6.58. The number of methoxy groups -OCH3 is 1. The molecule has 2 aromatic carbocycles. The molecule has 1 saturated heterocycles. The van der Waals surface area contributed by atoms with Crippen molar-refractivity contribution in [1.29, 1.82) is 0 Å². The molecule has 1 fully saturated rings. The molecule has 0 spiro atoms. The first-order valence-corrected chi connectivity index (χ1v) is 13.2. The predicted octanol–water partition coefficient (Wildman–Crippen LogP) is 6.04. The molecule has 1 aliphatic rings. The Morgan fingerprint density at radius 3 is 2.59 bits per heavy atom. The molecule has 1 atom stereocenters. The average molecular weight is 529 g/mol. The molecule has 2 N–H and O–H groups in total. The monoisotopic (exact) mass is 528 g/mol. The number of nitrogens with zero attached hydrogens (tertiary/aromatic N) is 2. The van der Waals surface area contributed by atoms with Crippen molar-refractivity contribution in [2.75, 3.05) is 26.7 Å². The van der Waals surface area contributed by atoms with Crippen molar-refractivity contribution in [2.45, 2.75) is 51.0 Å². The first-order valence-electron chi connectivity index (χ1n) is 12.8. The Hall–Kier alpha value is -2.74. The van der Waals surface area contributed by atoms with Crippen LogP contribution >= 0.6 is 11.6 Å². The number of aromatic nitrogens is 1. The van der Waals surface area contributed by atoms with Gasteiger partial charge in [-0.25, -0.2) is 4.39 Å². The van der Waals surface area contributed by atoms with Gasteiger partial charge in [-0.2, -0.15) is 0 Å². The van der Waals surface area contributed by atoms with Crippen molar-refractivity contribution in [2.24, 2.45) is 5.41 Å². The van der Waals surface area contributed by atoms with Gasteiger partial charge in [-0.05, 0) is 100 Å². The Kier molecular flexibility index (Phi) is 9.00. The van der Waals surface area contributed by atoms with E-state index in [0.29, 0.717) is 52.9 Å². The van der Waals surface area contributed by atoms with Crippen LogP contribution in [0.15, 0.2) is 48.7 Å². The summed E-state index contributed by atoms with van der Waals surface area (Å²) in [6.45, 7) is 2.35. The minimum Gasteiger partial charge on any atom is -0.497 e. The summed E-state index contributed by atoms with van der Waals surface area (Å²) in [5.74, 6) is -0.385. The molecule has 1 aromatic heterocycles. The van der Waals surface area contributed by atoms with Crippen molar-refractivity contribution in [3.63, 3.8) is 0 Å². The molecule has 2 heterocycles. The Balaban J connectivity index is 1.32. The van der Waals surface area contributed by atoms with Gasteiger partial charge in [0.1, 0.15) is 11.6 Å². The van der Waals surface area contributed by atoms with E-state index in [1.54, 1.807) is 19.2 Å². The molecule has 0 bridgehead atoms. The van der Waals surface area contributed by atoms with E-state index >= 15 is 0 Å². The van der Waals surface area contributed by atoms with Crippen LogP contribution in [0.2, 0.25) is 5.02 Å². The molecule has 6 nitrogen and oxygen atoms in total. The quantitative estimate of drug-likeness (QED) is 0.295. The Labute approximate surface area is 222 Å². The second kappa shape index (κ2) is 12.2. The minimum atomic E-state index is -0.911. The Morgan fingerprint density at radius 2 is 1.92 bits per heavy atom. The van der Waals surface area contributed by atoms with Crippen LogP contribution in [0.1, 0.15) is 55.8 Å². The topological polar surface area (TPSA) is 82.9 Å². The number of aliphatic carboxylic acids is 1. The number of benzene rings is 2. The van der Waals surface area contributed by atoms with Crippen LogP contribution in [-0.2, 0) is 11.2 Å². The van der Waals surface area contributed by atoms with Crippen molar-refractivity contribution in [3.05, 3.63) is 70.6 Å². The lowest BCUT2D eigenvalue weighted by atomic mass is 9.74. The largest absolute Gasteiger partial charge is 0.497 e. The molecule has 0 aliphatic carbocycles. The van der Waals surface area contributed by atoms with Gasteiger partial charge in [-0.3, -0.25) is 9.78 Å². The third-order valence-electron chi connectivity index (χ3n) is 7.67. The summed E-state index contributed by atoms with van der Waals surface area (Å²) in [5, 5.41) is 22.3. The standard InChI is InChI=1S/C29H34ClFN2O4/c1-37-22-9-10-25-23(18-22)27(24(30)19-32-25)26(34)11-12-29(28(35)36)13-16-33(17-14-29)15-3-2-4-20-5-7-21(31)8-6-20/h5-10,18-19,26,34H,2-4,11-17H2,1H3,(H,35,36). The average Bonchev–Trinajstić information content (AvgIpc) is 2.91. The molecule has 1 unspecified atom stereocenters. The van der Waals surface area contributed by atoms with Crippen LogP contribution in [0.4, 0.5) is 4.39 Å². The number of pyridine rings is 1. The Bertz CT molecular complexity index is 1210. The summed E-state index contributed by atoms with van der Waals surface area (Å²) in [6, 6.07) is 12.0. The molecule has 0 amide bonds. The lowest BCUT2D eigenvalue weighted by Gasteiger charge is -2.39. The fourth-order valence-corrected chi connectivity index (χ4v) is 5.56. The second-order valence-electron chi connectivity index (χ2n) is 9.97. The third-order valence-corrected chi connectivity index (χ3v) is 7.97. The maximum absolute atomic E-state index is 13.1. The lowest BCUT2D eigenvalue weighted by Crippen LogP contribution is -2.44. The number of aliphatic hydroxyl groups excluding tert-OH is 1. The molecule has 8 heteroatoms. The van der Waals surface area contributed by atoms with Crippen LogP contribution < -0.4 is 4.74 Å². The zero-order valence-corrected chi connectivity index (χ0v) is 21.9. The first kappa shape index (κ1) is 27.3. The van der Waals surface area contributed by atoms with E-state index in [9.17, 15) is 19.4 Å². The van der Waals surface area contributed by atoms with Gasteiger partial charge in [0.15, 0.2) is 0 Å². The predicted molar refractivity (Wildman–Crippen MR) is 143 cm³/mol. The fraction of sp³-hybridized carbons (Fsp3) is 0.448. The number of aryl methyl sites for hydroxylation is 1. The molecule has 198 valence electrons. The van der Waals surface area contributed by atoms with Crippen LogP contribution in [-0.4, -0.2) is 52.8 Å². The van der Waals surface area contributed by atoms with Gasteiger partial charge in [0.25, 0.3) is 0 Å². The maximum atomic E-state index is 13.1. The van der Waals surface area contributed by atoms with E-state index in [0.717, 1.165) is 44.5 Å². The summed E-state index contributed by atoms with van der Waals surface area (Å²) in [5.41, 5.74) is 1.52. The lowest BCUT2D eigenvalue weighted by molar-refractivity contribution is -0.153. The summed E-state index contributed by atoms with van der Waals surface area (Å²) in [7, 11) is 1.57. The maximum Gasteiger partial charge on any atom is 0.309 e. The summed E-state index contributed by atoms with van der Waals surface area (Å²) < 4.78 is 18.4. The number of hydrogen-bond donors (Lipinski definition) is 2. The smallest absolute Gasteiger partial charge is 0.309 e. The number of halogens is 2. The van der Waals surface area contributed by atoms with Crippen molar-refractivity contribution in [3.8, 4) is 5.75 Å². The number of unbranched alkanes of at least 4 members (excludes halogenated alkanes) is 1. The van der Waals surface area contributed by atoms with Gasteiger partial charge in [0.05, 0.1) is 29.2 Å². The highest BCUT2D eigenvalue weighted by Crippen LogP contribution is 2.41. The summed E-state index contributed by atoms with van der Waals surface area (Å²) in [6.07, 6.45) is 5.28. The number of fused-ring (bicyclic) bond motifs is 1. The van der Waals surface area contributed by atoms with E-state index in [2.05, 4.69) is 9.88 Å². The number of hydrogen-bond acceptors (Lipinski definition) is 5. The van der Waals surface area contributed by atoms with Crippen molar-refractivity contribution >= 4 is 28.5 Å². The van der Waals surface area contributed by atoms with Gasteiger partial charge < -0.3 is 19.8 Å². The number of likely N-dealkylation sites (tertiary alicyclic amines) is 1. The molecule has 4 rings (SSSR count). The number of rotatable bonds is 11. The summed E-state index contributed by atoms with van der Waals surface area (Å²) >= 11 is 6.43. The van der Waals surface area contributed by atoms with E-state index in [1.165, 1.54) is 18.3 Å². The number of aliphatic hydroxyl groups is 1. The van der Waals surface area contributed by atoms with Crippen molar-refractivity contribution in [1.82, 2.24) is 9.88 Å². The zero-order chi connectivity index (χ0) is 26.4. The molecule has 3 aromatic rings. The van der Waals surface area contributed by atoms with E-state index < -0.39 is 17.5 Å². The highest BCUT2D eigenvalue weighted by Gasteiger charge is 2.41. The van der Waals surface area contributed by atoms with Gasteiger partial charge in [0, 0.05) is 17.1 Å². The fourth-order valence-electron chi connectivity index (χ4n) is 5.28. The molecule has 1 aliphatic heterocycles. The van der Waals surface area contributed by atoms with Gasteiger partial charge in [-0.15, -0.1) is 0 Å². The highest BCUT2D eigenvalue weighted by molar-refractivity contribution is 6.32. The van der Waals surface area contributed by atoms with Gasteiger partial charge in [0.2, 0.25) is 0 Å². The number of carboxylic acids is 1. The van der Waals surface area contributed by atoms with Crippen LogP contribution in [0.5, 0.6) is 5.75 Å².